The summed E-state index contributed by atoms with van der Waals surface area (Å²) >= 11 is 0. The van der Waals surface area contributed by atoms with E-state index in [2.05, 4.69) is 32.7 Å². The van der Waals surface area contributed by atoms with Gasteiger partial charge >= 0.3 is 0 Å². The Labute approximate surface area is 104 Å². The quantitative estimate of drug-likeness (QED) is 0.542. The third-order valence-electron chi connectivity index (χ3n) is 2.65. The molecule has 1 heterocycles. The number of ether oxygens (including phenoxy) is 2. The second-order valence-electron chi connectivity index (χ2n) is 4.80. The van der Waals surface area contributed by atoms with Crippen molar-refractivity contribution in [3.63, 3.8) is 0 Å². The van der Waals surface area contributed by atoms with Gasteiger partial charge in [-0.15, -0.1) is 0 Å². The Bertz CT molecular complexity index is 336. The molecule has 0 saturated carbocycles. The molecule has 0 aromatic carbocycles. The third kappa shape index (κ3) is 4.25. The molecule has 17 heavy (non-hydrogen) atoms. The average molecular weight is 237 g/mol. The summed E-state index contributed by atoms with van der Waals surface area (Å²) in [5.74, 6) is 1.89. The largest absolute Gasteiger partial charge is 0.484 e. The zero-order valence-corrected chi connectivity index (χ0v) is 11.5. The zero-order valence-electron chi connectivity index (χ0n) is 11.5. The van der Waals surface area contributed by atoms with Crippen LogP contribution < -0.4 is 0 Å². The van der Waals surface area contributed by atoms with Gasteiger partial charge in [-0.1, -0.05) is 19.4 Å². The highest BCUT2D eigenvalue weighted by molar-refractivity contribution is 5.92. The Hall–Kier alpha value is -1.25. The van der Waals surface area contributed by atoms with Crippen LogP contribution in [0.2, 0.25) is 0 Å². The highest BCUT2D eigenvalue weighted by Crippen LogP contribution is 2.17. The number of hydrogen-bond acceptors (Lipinski definition) is 3. The summed E-state index contributed by atoms with van der Waals surface area (Å²) in [5.41, 5.74) is 1.25. The van der Waals surface area contributed by atoms with Gasteiger partial charge in [0, 0.05) is 0 Å². The predicted molar refractivity (Wildman–Crippen MR) is 71.2 cm³/mol. The summed E-state index contributed by atoms with van der Waals surface area (Å²) in [6.45, 7) is 11.6. The molecule has 0 fully saturated rings. The van der Waals surface area contributed by atoms with Crippen molar-refractivity contribution in [3.8, 4) is 0 Å². The SMILES string of the molecule is C/C=C(/OCC=C(C)C)C1=N[C@@H](C(C)C)CO1. The van der Waals surface area contributed by atoms with E-state index < -0.39 is 0 Å². The molecule has 3 heteroatoms. The Morgan fingerprint density at radius 3 is 2.71 bits per heavy atom. The summed E-state index contributed by atoms with van der Waals surface area (Å²) in [4.78, 5) is 4.54. The van der Waals surface area contributed by atoms with Crippen LogP contribution in [-0.4, -0.2) is 25.2 Å². The third-order valence-corrected chi connectivity index (χ3v) is 2.65. The van der Waals surface area contributed by atoms with Crippen LogP contribution in [0.3, 0.4) is 0 Å². The molecule has 0 unspecified atom stereocenters. The summed E-state index contributed by atoms with van der Waals surface area (Å²) in [5, 5.41) is 0. The second kappa shape index (κ2) is 6.48. The van der Waals surface area contributed by atoms with Crippen LogP contribution >= 0.6 is 0 Å². The minimum absolute atomic E-state index is 0.256. The van der Waals surface area contributed by atoms with Gasteiger partial charge < -0.3 is 9.47 Å². The first-order valence-corrected chi connectivity index (χ1v) is 6.18. The first-order chi connectivity index (χ1) is 8.04. The van der Waals surface area contributed by atoms with E-state index in [0.29, 0.717) is 25.0 Å². The van der Waals surface area contributed by atoms with E-state index in [1.54, 1.807) is 0 Å². The molecule has 96 valence electrons. The van der Waals surface area contributed by atoms with Crippen molar-refractivity contribution in [1.82, 2.24) is 0 Å². The van der Waals surface area contributed by atoms with E-state index in [-0.39, 0.29) is 6.04 Å². The van der Waals surface area contributed by atoms with E-state index in [9.17, 15) is 0 Å². The molecular weight excluding hydrogens is 214 g/mol. The van der Waals surface area contributed by atoms with Crippen molar-refractivity contribution in [3.05, 3.63) is 23.5 Å². The van der Waals surface area contributed by atoms with Crippen LogP contribution in [0.25, 0.3) is 0 Å². The van der Waals surface area contributed by atoms with Crippen molar-refractivity contribution in [2.24, 2.45) is 10.9 Å². The van der Waals surface area contributed by atoms with Crippen LogP contribution in [0.1, 0.15) is 34.6 Å². The van der Waals surface area contributed by atoms with E-state index >= 15 is 0 Å². The molecule has 0 radical (unpaired) electrons. The molecule has 0 saturated heterocycles. The number of allylic oxidation sites excluding steroid dienone is 2. The molecule has 1 atom stereocenters. The Kier molecular flexibility index (Phi) is 5.26. The summed E-state index contributed by atoms with van der Waals surface area (Å²) in [6, 6.07) is 0.256. The topological polar surface area (TPSA) is 30.8 Å². The molecule has 0 aromatic heterocycles. The molecule has 0 bridgehead atoms. The maximum atomic E-state index is 5.64. The molecule has 0 aliphatic carbocycles. The van der Waals surface area contributed by atoms with Crippen LogP contribution in [0.5, 0.6) is 0 Å². The standard InChI is InChI=1S/C14H23NO2/c1-6-13(16-8-7-10(2)3)14-15-12(9-17-14)11(4)5/h6-7,11-12H,8-9H2,1-5H3/b13-6+/t12-/m1/s1. The van der Waals surface area contributed by atoms with Gasteiger partial charge in [-0.3, -0.25) is 0 Å². The molecule has 0 spiro atoms. The van der Waals surface area contributed by atoms with E-state index in [4.69, 9.17) is 9.47 Å². The smallest absolute Gasteiger partial charge is 0.252 e. The van der Waals surface area contributed by atoms with Crippen LogP contribution in [0.4, 0.5) is 0 Å². The molecule has 0 N–H and O–H groups in total. The lowest BCUT2D eigenvalue weighted by molar-refractivity contribution is 0.235. The van der Waals surface area contributed by atoms with Gasteiger partial charge in [0.25, 0.3) is 5.90 Å². The summed E-state index contributed by atoms with van der Waals surface area (Å²) < 4.78 is 11.2. The lowest BCUT2D eigenvalue weighted by Gasteiger charge is -2.07. The number of aliphatic imine (C=N–C) groups is 1. The van der Waals surface area contributed by atoms with Gasteiger partial charge in [-0.05, 0) is 38.8 Å². The predicted octanol–water partition coefficient (Wildman–Crippen LogP) is 3.33. The minimum Gasteiger partial charge on any atom is -0.484 e. The highest BCUT2D eigenvalue weighted by atomic mass is 16.5. The molecule has 0 aromatic rings. The molecule has 3 nitrogen and oxygen atoms in total. The average Bonchev–Trinajstić information content (AvgIpc) is 2.73. The fourth-order valence-electron chi connectivity index (χ4n) is 1.43. The molecular formula is C14H23NO2. The molecule has 1 aliphatic heterocycles. The van der Waals surface area contributed by atoms with Crippen LogP contribution in [0, 0.1) is 5.92 Å². The lowest BCUT2D eigenvalue weighted by atomic mass is 10.1. The summed E-state index contributed by atoms with van der Waals surface area (Å²) in [6.07, 6.45) is 3.94. The maximum Gasteiger partial charge on any atom is 0.252 e. The Morgan fingerprint density at radius 2 is 2.24 bits per heavy atom. The molecule has 1 rings (SSSR count). The Balaban J connectivity index is 2.58. The van der Waals surface area contributed by atoms with Crippen molar-refractivity contribution < 1.29 is 9.47 Å². The van der Waals surface area contributed by atoms with Gasteiger partial charge in [0.1, 0.15) is 13.2 Å². The minimum atomic E-state index is 0.256. The number of hydrogen-bond donors (Lipinski definition) is 0. The maximum absolute atomic E-state index is 5.64. The second-order valence-corrected chi connectivity index (χ2v) is 4.80. The van der Waals surface area contributed by atoms with Crippen LogP contribution in [-0.2, 0) is 9.47 Å². The molecule has 1 aliphatic rings. The van der Waals surface area contributed by atoms with Gasteiger partial charge in [-0.2, -0.15) is 0 Å². The first kappa shape index (κ1) is 13.8. The van der Waals surface area contributed by atoms with Crippen molar-refractivity contribution in [1.29, 1.82) is 0 Å². The van der Waals surface area contributed by atoms with Gasteiger partial charge in [0.15, 0.2) is 5.76 Å². The number of nitrogens with zero attached hydrogens (tertiary/aromatic N) is 1. The monoisotopic (exact) mass is 237 g/mol. The van der Waals surface area contributed by atoms with E-state index in [1.807, 2.05) is 19.1 Å². The fourth-order valence-corrected chi connectivity index (χ4v) is 1.43. The molecule has 0 amide bonds. The van der Waals surface area contributed by atoms with E-state index in [0.717, 1.165) is 5.76 Å². The fraction of sp³-hybridized carbons (Fsp3) is 0.643. The van der Waals surface area contributed by atoms with Crippen LogP contribution in [0.15, 0.2) is 28.5 Å². The lowest BCUT2D eigenvalue weighted by Crippen LogP contribution is -2.13. The number of rotatable bonds is 5. The van der Waals surface area contributed by atoms with Crippen molar-refractivity contribution in [2.45, 2.75) is 40.7 Å². The highest BCUT2D eigenvalue weighted by Gasteiger charge is 2.24. The van der Waals surface area contributed by atoms with Gasteiger partial charge in [0.05, 0.1) is 6.04 Å². The first-order valence-electron chi connectivity index (χ1n) is 6.18. The van der Waals surface area contributed by atoms with Crippen molar-refractivity contribution in [2.75, 3.05) is 13.2 Å². The van der Waals surface area contributed by atoms with E-state index in [1.165, 1.54) is 5.57 Å². The Morgan fingerprint density at radius 1 is 1.53 bits per heavy atom. The summed E-state index contributed by atoms with van der Waals surface area (Å²) in [7, 11) is 0. The van der Waals surface area contributed by atoms with Crippen molar-refractivity contribution >= 4 is 5.90 Å². The zero-order chi connectivity index (χ0) is 12.8. The normalized spacial score (nSPS) is 20.0. The van der Waals surface area contributed by atoms with Gasteiger partial charge in [0.2, 0.25) is 0 Å². The van der Waals surface area contributed by atoms with Gasteiger partial charge in [-0.25, -0.2) is 4.99 Å².